The van der Waals surface area contributed by atoms with Crippen LogP contribution in [0.15, 0.2) is 53.1 Å². The SMILES string of the molecule is Cc1ccc(NC(=O)N2CCCCC2c2nc(-c3ccc(Cl)cc3)no2)cc1. The van der Waals surface area contributed by atoms with E-state index in [-0.39, 0.29) is 12.1 Å². The third-order valence-electron chi connectivity index (χ3n) is 4.90. The summed E-state index contributed by atoms with van der Waals surface area (Å²) in [6.45, 7) is 2.67. The van der Waals surface area contributed by atoms with Gasteiger partial charge in [0.25, 0.3) is 0 Å². The Kier molecular flexibility index (Phi) is 5.30. The lowest BCUT2D eigenvalue weighted by molar-refractivity contribution is 0.142. The van der Waals surface area contributed by atoms with Crippen molar-refractivity contribution in [1.29, 1.82) is 0 Å². The number of nitrogens with zero attached hydrogens (tertiary/aromatic N) is 3. The van der Waals surface area contributed by atoms with Crippen LogP contribution in [0, 0.1) is 6.92 Å². The molecule has 1 N–H and O–H groups in total. The number of aryl methyl sites for hydroxylation is 1. The maximum absolute atomic E-state index is 12.9. The van der Waals surface area contributed by atoms with Gasteiger partial charge in [-0.1, -0.05) is 34.5 Å². The van der Waals surface area contributed by atoms with Crippen molar-refractivity contribution in [1.82, 2.24) is 15.0 Å². The van der Waals surface area contributed by atoms with Crippen LogP contribution in [0.25, 0.3) is 11.4 Å². The molecule has 28 heavy (non-hydrogen) atoms. The molecule has 0 spiro atoms. The van der Waals surface area contributed by atoms with Gasteiger partial charge in [-0.2, -0.15) is 4.98 Å². The summed E-state index contributed by atoms with van der Waals surface area (Å²) in [7, 11) is 0. The first-order valence-electron chi connectivity index (χ1n) is 9.34. The molecule has 144 valence electrons. The van der Waals surface area contributed by atoms with Gasteiger partial charge in [-0.3, -0.25) is 0 Å². The monoisotopic (exact) mass is 396 g/mol. The van der Waals surface area contributed by atoms with E-state index < -0.39 is 0 Å². The van der Waals surface area contributed by atoms with E-state index in [0.717, 1.165) is 36.1 Å². The second-order valence-corrected chi connectivity index (χ2v) is 7.40. The van der Waals surface area contributed by atoms with Gasteiger partial charge in [-0.05, 0) is 62.6 Å². The van der Waals surface area contributed by atoms with Crippen molar-refractivity contribution >= 4 is 23.3 Å². The Morgan fingerprint density at radius 2 is 1.89 bits per heavy atom. The lowest BCUT2D eigenvalue weighted by Crippen LogP contribution is -2.41. The van der Waals surface area contributed by atoms with Crippen molar-refractivity contribution in [2.24, 2.45) is 0 Å². The maximum Gasteiger partial charge on any atom is 0.322 e. The van der Waals surface area contributed by atoms with Gasteiger partial charge in [0, 0.05) is 22.8 Å². The summed E-state index contributed by atoms with van der Waals surface area (Å²) in [5.41, 5.74) is 2.74. The van der Waals surface area contributed by atoms with Crippen molar-refractivity contribution in [3.8, 4) is 11.4 Å². The molecule has 7 heteroatoms. The summed E-state index contributed by atoms with van der Waals surface area (Å²) in [5.74, 6) is 0.958. The molecule has 6 nitrogen and oxygen atoms in total. The van der Waals surface area contributed by atoms with E-state index in [1.54, 1.807) is 17.0 Å². The Labute approximate surface area is 168 Å². The van der Waals surface area contributed by atoms with Crippen LogP contribution < -0.4 is 5.32 Å². The van der Waals surface area contributed by atoms with Gasteiger partial charge < -0.3 is 14.7 Å². The normalized spacial score (nSPS) is 16.8. The fourth-order valence-corrected chi connectivity index (χ4v) is 3.48. The topological polar surface area (TPSA) is 71.3 Å². The largest absolute Gasteiger partial charge is 0.337 e. The van der Waals surface area contributed by atoms with Crippen LogP contribution in [0.2, 0.25) is 5.02 Å². The molecule has 1 saturated heterocycles. The highest BCUT2D eigenvalue weighted by atomic mass is 35.5. The second kappa shape index (κ2) is 8.02. The standard InChI is InChI=1S/C21H21ClN4O2/c1-14-5-11-17(12-6-14)23-21(27)26-13-3-2-4-18(26)20-24-19(25-28-20)15-7-9-16(22)10-8-15/h5-12,18H,2-4,13H2,1H3,(H,23,27). The van der Waals surface area contributed by atoms with Gasteiger partial charge in [0.2, 0.25) is 11.7 Å². The number of anilines is 1. The number of hydrogen-bond donors (Lipinski definition) is 1. The fourth-order valence-electron chi connectivity index (χ4n) is 3.35. The van der Waals surface area contributed by atoms with Crippen LogP contribution in [-0.4, -0.2) is 27.6 Å². The number of likely N-dealkylation sites (tertiary alicyclic amines) is 1. The predicted octanol–water partition coefficient (Wildman–Crippen LogP) is 5.46. The highest BCUT2D eigenvalue weighted by Crippen LogP contribution is 2.32. The number of carbonyl (C=O) groups excluding carboxylic acids is 1. The minimum absolute atomic E-state index is 0.153. The fraction of sp³-hybridized carbons (Fsp3) is 0.286. The molecule has 1 fully saturated rings. The van der Waals surface area contributed by atoms with Crippen LogP contribution in [0.3, 0.4) is 0 Å². The summed E-state index contributed by atoms with van der Waals surface area (Å²) in [5, 5.41) is 7.71. The number of rotatable bonds is 3. The number of nitrogens with one attached hydrogen (secondary N) is 1. The number of benzene rings is 2. The molecule has 1 aliphatic heterocycles. The highest BCUT2D eigenvalue weighted by molar-refractivity contribution is 6.30. The van der Waals surface area contributed by atoms with Gasteiger partial charge in [-0.15, -0.1) is 0 Å². The van der Waals surface area contributed by atoms with Gasteiger partial charge in [0.1, 0.15) is 6.04 Å². The Hall–Kier alpha value is -2.86. The first-order chi connectivity index (χ1) is 13.6. The van der Waals surface area contributed by atoms with E-state index in [2.05, 4.69) is 15.5 Å². The molecule has 2 amide bonds. The van der Waals surface area contributed by atoms with E-state index in [0.29, 0.717) is 23.3 Å². The lowest BCUT2D eigenvalue weighted by Gasteiger charge is -2.33. The summed E-state index contributed by atoms with van der Waals surface area (Å²) in [6.07, 6.45) is 2.76. The molecular weight excluding hydrogens is 376 g/mol. The molecule has 4 rings (SSSR count). The molecule has 2 heterocycles. The zero-order valence-electron chi connectivity index (χ0n) is 15.6. The van der Waals surface area contributed by atoms with Gasteiger partial charge in [0.05, 0.1) is 0 Å². The third kappa shape index (κ3) is 4.02. The number of amides is 2. The Morgan fingerprint density at radius 1 is 1.14 bits per heavy atom. The van der Waals surface area contributed by atoms with E-state index in [1.807, 2.05) is 43.3 Å². The molecule has 1 aromatic heterocycles. The number of urea groups is 1. The van der Waals surface area contributed by atoms with Crippen LogP contribution in [0.5, 0.6) is 0 Å². The zero-order valence-corrected chi connectivity index (χ0v) is 16.3. The van der Waals surface area contributed by atoms with Crippen molar-refractivity contribution < 1.29 is 9.32 Å². The quantitative estimate of drug-likeness (QED) is 0.638. The van der Waals surface area contributed by atoms with E-state index in [9.17, 15) is 4.79 Å². The Morgan fingerprint density at radius 3 is 2.64 bits per heavy atom. The van der Waals surface area contributed by atoms with E-state index in [1.165, 1.54) is 0 Å². The summed E-state index contributed by atoms with van der Waals surface area (Å²) in [6, 6.07) is 14.6. The van der Waals surface area contributed by atoms with Gasteiger partial charge in [0.15, 0.2) is 0 Å². The smallest absolute Gasteiger partial charge is 0.322 e. The maximum atomic E-state index is 12.9. The molecular formula is C21H21ClN4O2. The average Bonchev–Trinajstić information content (AvgIpc) is 3.20. The summed E-state index contributed by atoms with van der Waals surface area (Å²) >= 11 is 5.94. The number of carbonyl (C=O) groups is 1. The van der Waals surface area contributed by atoms with E-state index >= 15 is 0 Å². The third-order valence-corrected chi connectivity index (χ3v) is 5.15. The summed E-state index contributed by atoms with van der Waals surface area (Å²) in [4.78, 5) is 19.2. The Balaban J connectivity index is 1.53. The van der Waals surface area contributed by atoms with Gasteiger partial charge in [-0.25, -0.2) is 4.79 Å². The van der Waals surface area contributed by atoms with Crippen LogP contribution in [-0.2, 0) is 0 Å². The zero-order chi connectivity index (χ0) is 19.5. The highest BCUT2D eigenvalue weighted by Gasteiger charge is 2.32. The molecule has 1 unspecified atom stereocenters. The molecule has 3 aromatic rings. The molecule has 0 radical (unpaired) electrons. The predicted molar refractivity (Wildman–Crippen MR) is 108 cm³/mol. The number of aromatic nitrogens is 2. The first kappa shape index (κ1) is 18.5. The summed E-state index contributed by atoms with van der Waals surface area (Å²) < 4.78 is 5.52. The average molecular weight is 397 g/mol. The first-order valence-corrected chi connectivity index (χ1v) is 9.72. The molecule has 0 bridgehead atoms. The molecule has 2 aromatic carbocycles. The lowest BCUT2D eigenvalue weighted by atomic mass is 10.0. The molecule has 1 atom stereocenters. The number of piperidine rings is 1. The minimum atomic E-state index is -0.229. The minimum Gasteiger partial charge on any atom is -0.337 e. The van der Waals surface area contributed by atoms with Crippen molar-refractivity contribution in [2.75, 3.05) is 11.9 Å². The molecule has 0 saturated carbocycles. The van der Waals surface area contributed by atoms with Gasteiger partial charge >= 0.3 is 6.03 Å². The van der Waals surface area contributed by atoms with Crippen LogP contribution in [0.4, 0.5) is 10.5 Å². The number of halogens is 1. The second-order valence-electron chi connectivity index (χ2n) is 6.96. The van der Waals surface area contributed by atoms with E-state index in [4.69, 9.17) is 16.1 Å². The molecule has 1 aliphatic rings. The van der Waals surface area contributed by atoms with Crippen molar-refractivity contribution in [3.05, 3.63) is 65.0 Å². The van der Waals surface area contributed by atoms with Crippen molar-refractivity contribution in [3.63, 3.8) is 0 Å². The van der Waals surface area contributed by atoms with Crippen molar-refractivity contribution in [2.45, 2.75) is 32.2 Å². The molecule has 0 aliphatic carbocycles. The van der Waals surface area contributed by atoms with Crippen LogP contribution in [0.1, 0.15) is 36.8 Å². The van der Waals surface area contributed by atoms with Crippen LogP contribution >= 0.6 is 11.6 Å². The Bertz CT molecular complexity index is 953. The number of hydrogen-bond acceptors (Lipinski definition) is 4.